The molecule has 0 saturated heterocycles. The summed E-state index contributed by atoms with van der Waals surface area (Å²) in [6, 6.07) is 7.81. The van der Waals surface area contributed by atoms with Gasteiger partial charge in [0.15, 0.2) is 12.4 Å². The number of carbonyl (C=O) groups is 1. The number of carbonyl (C=O) groups excluding carboxylic acids is 1. The molecule has 0 aliphatic rings. The first-order valence-electron chi connectivity index (χ1n) is 6.15. The largest absolute Gasteiger partial charge is 0.483 e. The lowest BCUT2D eigenvalue weighted by Gasteiger charge is -2.08. The summed E-state index contributed by atoms with van der Waals surface area (Å²) in [5.41, 5.74) is 1.64. The van der Waals surface area contributed by atoms with Gasteiger partial charge in [-0.05, 0) is 36.0 Å². The van der Waals surface area contributed by atoms with Crippen LogP contribution in [0.3, 0.4) is 0 Å². The van der Waals surface area contributed by atoms with Crippen molar-refractivity contribution in [2.24, 2.45) is 5.73 Å². The minimum Gasteiger partial charge on any atom is -0.483 e. The number of amides is 1. The number of halogens is 3. The molecule has 6 nitrogen and oxygen atoms in total. The zero-order valence-electron chi connectivity index (χ0n) is 11.5. The molecule has 1 heterocycles. The van der Waals surface area contributed by atoms with E-state index in [4.69, 9.17) is 15.0 Å². The zero-order chi connectivity index (χ0) is 16.9. The number of primary amides is 1. The molecule has 2 N–H and O–H groups in total. The van der Waals surface area contributed by atoms with Crippen molar-refractivity contribution in [3.8, 4) is 17.0 Å². The Morgan fingerprint density at radius 3 is 2.61 bits per heavy atom. The van der Waals surface area contributed by atoms with Crippen LogP contribution in [-0.4, -0.2) is 22.7 Å². The molecule has 0 saturated carbocycles. The van der Waals surface area contributed by atoms with E-state index in [0.29, 0.717) is 22.8 Å². The van der Waals surface area contributed by atoms with Crippen molar-refractivity contribution in [2.75, 3.05) is 5.94 Å². The van der Waals surface area contributed by atoms with Crippen LogP contribution < -0.4 is 10.5 Å². The van der Waals surface area contributed by atoms with Crippen LogP contribution in [0.2, 0.25) is 0 Å². The molecule has 23 heavy (non-hydrogen) atoms. The van der Waals surface area contributed by atoms with Gasteiger partial charge in [-0.1, -0.05) is 5.16 Å². The molecule has 0 bridgehead atoms. The highest BCUT2D eigenvalue weighted by molar-refractivity contribution is 8.00. The fourth-order valence-corrected chi connectivity index (χ4v) is 1.87. The molecule has 0 radical (unpaired) electrons. The lowest BCUT2D eigenvalue weighted by Crippen LogP contribution is -2.12. The van der Waals surface area contributed by atoms with Gasteiger partial charge in [-0.2, -0.15) is 13.2 Å². The van der Waals surface area contributed by atoms with Gasteiger partial charge in [-0.25, -0.2) is 4.79 Å². The monoisotopic (exact) mass is 348 g/mol. The number of hydrogen-bond acceptors (Lipinski definition) is 6. The van der Waals surface area contributed by atoms with Crippen LogP contribution >= 0.6 is 11.8 Å². The van der Waals surface area contributed by atoms with Gasteiger partial charge < -0.3 is 19.7 Å². The quantitative estimate of drug-likeness (QED) is 0.804. The van der Waals surface area contributed by atoms with Crippen molar-refractivity contribution < 1.29 is 32.0 Å². The van der Waals surface area contributed by atoms with Crippen LogP contribution in [-0.2, 0) is 11.3 Å². The number of rotatable bonds is 6. The van der Waals surface area contributed by atoms with Gasteiger partial charge in [0.05, 0.1) is 0 Å². The van der Waals surface area contributed by atoms with E-state index < -0.39 is 17.5 Å². The summed E-state index contributed by atoms with van der Waals surface area (Å²) in [7, 11) is 0. The first-order chi connectivity index (χ1) is 10.8. The van der Waals surface area contributed by atoms with Crippen molar-refractivity contribution in [3.05, 3.63) is 36.1 Å². The van der Waals surface area contributed by atoms with E-state index in [2.05, 4.69) is 9.89 Å². The molecule has 0 aliphatic carbocycles. The average molecular weight is 348 g/mol. The third kappa shape index (κ3) is 5.74. The molecule has 1 amide bonds. The van der Waals surface area contributed by atoms with Crippen LogP contribution in [0.25, 0.3) is 11.3 Å². The maximum absolute atomic E-state index is 12.0. The second-order valence-electron chi connectivity index (χ2n) is 4.16. The highest BCUT2D eigenvalue weighted by Gasteiger charge is 2.28. The van der Waals surface area contributed by atoms with Crippen molar-refractivity contribution in [2.45, 2.75) is 12.1 Å². The minimum atomic E-state index is -4.33. The molecule has 0 unspecified atom stereocenters. The van der Waals surface area contributed by atoms with E-state index >= 15 is 0 Å². The summed E-state index contributed by atoms with van der Waals surface area (Å²) in [6.07, 6.45) is -0.929. The molecule has 1 aromatic carbocycles. The van der Waals surface area contributed by atoms with E-state index in [-0.39, 0.29) is 18.4 Å². The van der Waals surface area contributed by atoms with Crippen LogP contribution in [0, 0.1) is 0 Å². The molecule has 0 fully saturated rings. The van der Waals surface area contributed by atoms with E-state index in [1.165, 1.54) is 12.1 Å². The van der Waals surface area contributed by atoms with E-state index in [1.54, 1.807) is 18.2 Å². The fourth-order valence-electron chi connectivity index (χ4n) is 1.55. The average Bonchev–Trinajstić information content (AvgIpc) is 2.93. The smallest absolute Gasteiger partial charge is 0.444 e. The predicted octanol–water partition coefficient (Wildman–Crippen LogP) is 3.53. The minimum absolute atomic E-state index is 0.141. The van der Waals surface area contributed by atoms with Crippen LogP contribution in [0.5, 0.6) is 5.75 Å². The van der Waals surface area contributed by atoms with Gasteiger partial charge in [0.25, 0.3) is 0 Å². The third-order valence-electron chi connectivity index (χ3n) is 2.51. The molecule has 124 valence electrons. The Labute approximate surface area is 132 Å². The van der Waals surface area contributed by atoms with E-state index in [9.17, 15) is 18.0 Å². The number of ether oxygens (including phenoxy) is 2. The molecular formula is C13H11F3N2O4S. The van der Waals surface area contributed by atoms with Crippen molar-refractivity contribution >= 4 is 17.9 Å². The van der Waals surface area contributed by atoms with Gasteiger partial charge in [-0.3, -0.25) is 0 Å². The van der Waals surface area contributed by atoms with Gasteiger partial charge in [0.1, 0.15) is 17.4 Å². The molecule has 10 heteroatoms. The van der Waals surface area contributed by atoms with Crippen molar-refractivity contribution in [1.82, 2.24) is 5.16 Å². The predicted molar refractivity (Wildman–Crippen MR) is 75.5 cm³/mol. The maximum Gasteiger partial charge on any atom is 0.444 e. The van der Waals surface area contributed by atoms with Gasteiger partial charge in [-0.15, -0.1) is 0 Å². The van der Waals surface area contributed by atoms with Gasteiger partial charge in [0, 0.05) is 11.6 Å². The first kappa shape index (κ1) is 17.0. The Hall–Kier alpha value is -2.36. The Bertz CT molecular complexity index is 658. The molecule has 2 aromatic rings. The number of alkyl halides is 3. The summed E-state index contributed by atoms with van der Waals surface area (Å²) in [4.78, 5) is 10.5. The summed E-state index contributed by atoms with van der Waals surface area (Å²) in [5.74, 6) is 0.0773. The fraction of sp³-hybridized carbons (Fsp3) is 0.231. The summed E-state index contributed by atoms with van der Waals surface area (Å²) >= 11 is -0.261. The van der Waals surface area contributed by atoms with Crippen LogP contribution in [0.15, 0.2) is 34.9 Å². The Balaban J connectivity index is 1.93. The summed E-state index contributed by atoms with van der Waals surface area (Å²) in [6.45, 7) is -0.141. The molecular weight excluding hydrogens is 337 g/mol. The second kappa shape index (κ2) is 7.27. The number of benzene rings is 1. The number of thioether (sulfide) groups is 1. The molecule has 0 atom stereocenters. The highest BCUT2D eigenvalue weighted by atomic mass is 32.2. The third-order valence-corrected chi connectivity index (χ3v) is 3.08. The Morgan fingerprint density at radius 1 is 1.30 bits per heavy atom. The number of hydrogen-bond donors (Lipinski definition) is 1. The zero-order valence-corrected chi connectivity index (χ0v) is 12.3. The van der Waals surface area contributed by atoms with Gasteiger partial charge in [0.2, 0.25) is 0 Å². The summed E-state index contributed by atoms with van der Waals surface area (Å²) in [5, 5.41) is 3.79. The lowest BCUT2D eigenvalue weighted by atomic mass is 10.1. The molecule has 1 aromatic heterocycles. The van der Waals surface area contributed by atoms with Crippen LogP contribution in [0.1, 0.15) is 5.76 Å². The number of nitrogens with zero attached hydrogens (tertiary/aromatic N) is 1. The normalized spacial score (nSPS) is 11.3. The van der Waals surface area contributed by atoms with Crippen molar-refractivity contribution in [1.29, 1.82) is 0 Å². The maximum atomic E-state index is 12.0. The van der Waals surface area contributed by atoms with E-state index in [1.807, 2.05) is 0 Å². The Kier molecular flexibility index (Phi) is 5.37. The number of nitrogens with two attached hydrogens (primary N) is 1. The standard InChI is InChI=1S/C13H11F3N2O4S/c14-13(15,16)23-7-21-9-3-1-8(2-4-9)11-5-10(22-18-11)6-20-12(17)19/h1-5H,6-7H2,(H2,17,19). The highest BCUT2D eigenvalue weighted by Crippen LogP contribution is 2.30. The number of aromatic nitrogens is 1. The molecule has 0 aliphatic heterocycles. The second-order valence-corrected chi connectivity index (χ2v) is 5.15. The molecule has 2 rings (SSSR count). The van der Waals surface area contributed by atoms with Gasteiger partial charge >= 0.3 is 11.6 Å². The topological polar surface area (TPSA) is 87.6 Å². The van der Waals surface area contributed by atoms with Crippen LogP contribution in [0.4, 0.5) is 18.0 Å². The van der Waals surface area contributed by atoms with E-state index in [0.717, 1.165) is 0 Å². The summed E-state index contributed by atoms with van der Waals surface area (Å²) < 4.78 is 50.4. The SMILES string of the molecule is NC(=O)OCc1cc(-c2ccc(OCSC(F)(F)F)cc2)no1. The lowest BCUT2D eigenvalue weighted by molar-refractivity contribution is -0.0336. The Morgan fingerprint density at radius 2 is 2.00 bits per heavy atom. The molecule has 0 spiro atoms. The van der Waals surface area contributed by atoms with Crippen molar-refractivity contribution in [3.63, 3.8) is 0 Å². The first-order valence-corrected chi connectivity index (χ1v) is 7.14.